The zero-order chi connectivity index (χ0) is 52.2. The zero-order valence-corrected chi connectivity index (χ0v) is 45.9. The van der Waals surface area contributed by atoms with Gasteiger partial charge < -0.3 is 14.2 Å². The molecule has 402 valence electrons. The van der Waals surface area contributed by atoms with Crippen molar-refractivity contribution < 1.29 is 28.6 Å². The fraction of sp³-hybridized carbons (Fsp3) is 0.561. The molecule has 6 nitrogen and oxygen atoms in total. The van der Waals surface area contributed by atoms with Gasteiger partial charge in [0.15, 0.2) is 6.10 Å². The van der Waals surface area contributed by atoms with Crippen LogP contribution in [-0.4, -0.2) is 37.2 Å². The van der Waals surface area contributed by atoms with E-state index in [0.717, 1.165) is 141 Å². The molecule has 0 aromatic carbocycles. The maximum atomic E-state index is 12.8. The van der Waals surface area contributed by atoms with Crippen molar-refractivity contribution in [2.75, 3.05) is 13.2 Å². The Balaban J connectivity index is 4.51. The topological polar surface area (TPSA) is 78.9 Å². The summed E-state index contributed by atoms with van der Waals surface area (Å²) in [6.45, 7) is 6.24. The molecule has 0 spiro atoms. The SMILES string of the molecule is CC/C=C\C/C=C\C/C=C\C/C=C\C/C=C\C/C=C\CCCCCCCCC(=O)OCC(COC(=O)CCCCCCC/C=C\C/C=C\CCCC)OC(=O)C/C=C\C/C=C\C/C=C\C/C=C\C/C=C\CC. The highest BCUT2D eigenvalue weighted by atomic mass is 16.6. The third kappa shape index (κ3) is 56.0. The van der Waals surface area contributed by atoms with Crippen molar-refractivity contribution in [1.82, 2.24) is 0 Å². The van der Waals surface area contributed by atoms with Crippen LogP contribution in [0.2, 0.25) is 0 Å². The summed E-state index contributed by atoms with van der Waals surface area (Å²) >= 11 is 0. The largest absolute Gasteiger partial charge is 0.462 e. The fourth-order valence-corrected chi connectivity index (χ4v) is 7.07. The van der Waals surface area contributed by atoms with E-state index in [1.165, 1.54) is 32.1 Å². The number of hydrogen-bond acceptors (Lipinski definition) is 6. The highest BCUT2D eigenvalue weighted by molar-refractivity contribution is 5.72. The molecule has 0 aliphatic heterocycles. The van der Waals surface area contributed by atoms with Crippen LogP contribution < -0.4 is 0 Å². The zero-order valence-electron chi connectivity index (χ0n) is 45.9. The average molecular weight is 992 g/mol. The van der Waals surface area contributed by atoms with E-state index in [1.54, 1.807) is 6.08 Å². The highest BCUT2D eigenvalue weighted by Crippen LogP contribution is 2.12. The number of esters is 3. The predicted molar refractivity (Wildman–Crippen MR) is 311 cm³/mol. The quantitative estimate of drug-likeness (QED) is 0.0262. The van der Waals surface area contributed by atoms with Gasteiger partial charge in [0.2, 0.25) is 0 Å². The van der Waals surface area contributed by atoms with Crippen molar-refractivity contribution in [2.45, 2.75) is 226 Å². The number of unbranched alkanes of at least 4 members (excludes halogenated alkanes) is 13. The third-order valence-corrected chi connectivity index (χ3v) is 11.3. The Morgan fingerprint density at radius 3 is 0.917 bits per heavy atom. The molecule has 0 saturated carbocycles. The Morgan fingerprint density at radius 1 is 0.306 bits per heavy atom. The molecular weight excluding hydrogens is 889 g/mol. The van der Waals surface area contributed by atoms with Crippen LogP contribution in [0.15, 0.2) is 158 Å². The van der Waals surface area contributed by atoms with Crippen LogP contribution in [0.3, 0.4) is 0 Å². The van der Waals surface area contributed by atoms with Crippen molar-refractivity contribution in [3.05, 3.63) is 158 Å². The van der Waals surface area contributed by atoms with E-state index in [1.807, 2.05) is 6.08 Å². The minimum atomic E-state index is -0.853. The summed E-state index contributed by atoms with van der Waals surface area (Å²) in [7, 11) is 0. The molecule has 0 amide bonds. The molecule has 72 heavy (non-hydrogen) atoms. The van der Waals surface area contributed by atoms with Gasteiger partial charge in [0.1, 0.15) is 13.2 Å². The standard InChI is InChI=1S/C66H102O6/c1-4-7-10-13-16-19-22-25-28-29-30-31-32-33-34-35-36-37-39-41-44-47-50-53-56-59-65(68)71-62-63(61-70-64(67)58-55-52-49-46-43-40-27-24-21-18-15-12-9-6-3)72-66(69)60-57-54-51-48-45-42-38-26-23-20-17-14-11-8-5-2/h7-8,10-11,15-20,24-28,30-31,33-34,36-38,45,48,54,57,63H,4-6,9,12-14,21-23,29,32,35,39-44,46-47,49-53,55-56,58-62H2,1-3H3/b10-7-,11-8-,18-15-,19-16-,20-17-,27-24-,28-25-,31-30-,34-33-,37-36-,38-26-,48-45-,57-54-. The maximum absolute atomic E-state index is 12.8. The van der Waals surface area contributed by atoms with Crippen LogP contribution in [0.4, 0.5) is 0 Å². The Hall–Kier alpha value is -4.97. The van der Waals surface area contributed by atoms with Crippen molar-refractivity contribution >= 4 is 17.9 Å². The number of rotatable bonds is 49. The summed E-state index contributed by atoms with van der Waals surface area (Å²) in [5.74, 6) is -1.10. The lowest BCUT2D eigenvalue weighted by molar-refractivity contribution is -0.166. The summed E-state index contributed by atoms with van der Waals surface area (Å²) in [6, 6.07) is 0. The van der Waals surface area contributed by atoms with Crippen molar-refractivity contribution in [3.63, 3.8) is 0 Å². The van der Waals surface area contributed by atoms with E-state index in [-0.39, 0.29) is 31.6 Å². The molecule has 0 saturated heterocycles. The number of carbonyl (C=O) groups excluding carboxylic acids is 3. The van der Waals surface area contributed by atoms with E-state index in [2.05, 4.69) is 167 Å². The monoisotopic (exact) mass is 991 g/mol. The smallest absolute Gasteiger partial charge is 0.310 e. The Morgan fingerprint density at radius 2 is 0.583 bits per heavy atom. The van der Waals surface area contributed by atoms with Crippen LogP contribution in [0.5, 0.6) is 0 Å². The van der Waals surface area contributed by atoms with Gasteiger partial charge in [0.25, 0.3) is 0 Å². The molecule has 0 aliphatic rings. The van der Waals surface area contributed by atoms with Gasteiger partial charge in [-0.3, -0.25) is 14.4 Å². The minimum Gasteiger partial charge on any atom is -0.462 e. The van der Waals surface area contributed by atoms with Crippen molar-refractivity contribution in [1.29, 1.82) is 0 Å². The summed E-state index contributed by atoms with van der Waals surface area (Å²) in [5, 5.41) is 0. The van der Waals surface area contributed by atoms with Crippen LogP contribution in [0.25, 0.3) is 0 Å². The molecule has 6 heteroatoms. The van der Waals surface area contributed by atoms with Gasteiger partial charge in [-0.15, -0.1) is 0 Å². The summed E-state index contributed by atoms with van der Waals surface area (Å²) in [5.41, 5.74) is 0. The van der Waals surface area contributed by atoms with Gasteiger partial charge in [-0.2, -0.15) is 0 Å². The highest BCUT2D eigenvalue weighted by Gasteiger charge is 2.19. The molecule has 0 N–H and O–H groups in total. The van der Waals surface area contributed by atoms with Crippen molar-refractivity contribution in [2.24, 2.45) is 0 Å². The Kier molecular flexibility index (Phi) is 54.6. The first-order valence-corrected chi connectivity index (χ1v) is 28.5. The van der Waals surface area contributed by atoms with E-state index in [4.69, 9.17) is 14.2 Å². The predicted octanol–water partition coefficient (Wildman–Crippen LogP) is 19.4. The van der Waals surface area contributed by atoms with Gasteiger partial charge in [-0.25, -0.2) is 0 Å². The molecule has 0 aromatic rings. The number of allylic oxidation sites excluding steroid dienone is 25. The first-order chi connectivity index (χ1) is 35.5. The fourth-order valence-electron chi connectivity index (χ4n) is 7.07. The lowest BCUT2D eigenvalue weighted by atomic mass is 10.1. The second kappa shape index (κ2) is 58.6. The van der Waals surface area contributed by atoms with Crippen LogP contribution >= 0.6 is 0 Å². The van der Waals surface area contributed by atoms with Gasteiger partial charge in [0, 0.05) is 12.8 Å². The normalized spacial score (nSPS) is 13.3. The first-order valence-electron chi connectivity index (χ1n) is 28.5. The van der Waals surface area contributed by atoms with E-state index < -0.39 is 12.1 Å². The summed E-state index contributed by atoms with van der Waals surface area (Å²) < 4.78 is 16.7. The van der Waals surface area contributed by atoms with Gasteiger partial charge in [-0.1, -0.05) is 237 Å². The number of ether oxygens (including phenoxy) is 3. The third-order valence-electron chi connectivity index (χ3n) is 11.3. The average Bonchev–Trinajstić information content (AvgIpc) is 3.38. The summed E-state index contributed by atoms with van der Waals surface area (Å²) in [4.78, 5) is 38.1. The molecule has 0 fully saturated rings. The van der Waals surface area contributed by atoms with E-state index >= 15 is 0 Å². The molecular formula is C66H102O6. The molecule has 0 aliphatic carbocycles. The van der Waals surface area contributed by atoms with Crippen molar-refractivity contribution in [3.8, 4) is 0 Å². The minimum absolute atomic E-state index is 0.0825. The molecule has 0 radical (unpaired) electrons. The molecule has 0 bridgehead atoms. The van der Waals surface area contributed by atoms with Gasteiger partial charge in [0.05, 0.1) is 6.42 Å². The lowest BCUT2D eigenvalue weighted by Gasteiger charge is -2.18. The van der Waals surface area contributed by atoms with Gasteiger partial charge >= 0.3 is 17.9 Å². The Bertz CT molecular complexity index is 1660. The molecule has 0 aromatic heterocycles. The molecule has 1 atom stereocenters. The first kappa shape index (κ1) is 67.0. The molecule has 0 heterocycles. The second-order valence-corrected chi connectivity index (χ2v) is 18.1. The second-order valence-electron chi connectivity index (χ2n) is 18.1. The van der Waals surface area contributed by atoms with E-state index in [0.29, 0.717) is 19.3 Å². The van der Waals surface area contributed by atoms with E-state index in [9.17, 15) is 14.4 Å². The number of hydrogen-bond donors (Lipinski definition) is 0. The van der Waals surface area contributed by atoms with Crippen LogP contribution in [-0.2, 0) is 28.6 Å². The number of carbonyl (C=O) groups is 3. The maximum Gasteiger partial charge on any atom is 0.310 e. The van der Waals surface area contributed by atoms with Gasteiger partial charge in [-0.05, 0) is 122 Å². The summed E-state index contributed by atoms with van der Waals surface area (Å²) in [6.07, 6.45) is 85.4. The molecule has 0 rings (SSSR count). The lowest BCUT2D eigenvalue weighted by Crippen LogP contribution is -2.30. The molecule has 1 unspecified atom stereocenters. The van der Waals surface area contributed by atoms with Crippen LogP contribution in [0, 0.1) is 0 Å². The van der Waals surface area contributed by atoms with Crippen LogP contribution in [0.1, 0.15) is 220 Å². The Labute approximate surface area is 441 Å².